The summed E-state index contributed by atoms with van der Waals surface area (Å²) in [7, 11) is 5.45. The predicted molar refractivity (Wildman–Crippen MR) is 144 cm³/mol. The normalized spacial score (nSPS) is 11.2. The molecule has 0 saturated carbocycles. The van der Waals surface area contributed by atoms with E-state index in [4.69, 9.17) is 17.3 Å². The van der Waals surface area contributed by atoms with Gasteiger partial charge in [-0.2, -0.15) is 13.2 Å². The van der Waals surface area contributed by atoms with Crippen LogP contribution in [0.2, 0.25) is 5.02 Å². The maximum atomic E-state index is 14.7. The van der Waals surface area contributed by atoms with Gasteiger partial charge in [0, 0.05) is 25.4 Å². The third-order valence-corrected chi connectivity index (χ3v) is 5.96. The summed E-state index contributed by atoms with van der Waals surface area (Å²) < 4.78 is 55.3. The highest BCUT2D eigenvalue weighted by Gasteiger charge is 2.33. The molecule has 0 unspecified atom stereocenters. The molecule has 0 fully saturated rings. The number of carbonyl (C=O) groups is 1. The predicted octanol–water partition coefficient (Wildman–Crippen LogP) is 5.22. The number of aromatic nitrogens is 2. The Hall–Kier alpha value is -3.88. The van der Waals surface area contributed by atoms with E-state index < -0.39 is 29.0 Å². The van der Waals surface area contributed by atoms with Gasteiger partial charge in [0.1, 0.15) is 5.82 Å². The number of halogens is 5. The van der Waals surface area contributed by atoms with Crippen molar-refractivity contribution in [3.05, 3.63) is 75.3 Å². The maximum absolute atomic E-state index is 14.7. The van der Waals surface area contributed by atoms with E-state index in [2.05, 4.69) is 27.1 Å². The average Bonchev–Trinajstić information content (AvgIpc) is 2.83. The molecule has 0 radical (unpaired) electrons. The third kappa shape index (κ3) is 7.81. The van der Waals surface area contributed by atoms with Crippen molar-refractivity contribution in [3.63, 3.8) is 0 Å². The van der Waals surface area contributed by atoms with Crippen LogP contribution in [0.1, 0.15) is 39.2 Å². The third-order valence-electron chi connectivity index (χ3n) is 5.67. The van der Waals surface area contributed by atoms with Crippen LogP contribution >= 0.6 is 11.6 Å². The zero-order valence-electron chi connectivity index (χ0n) is 21.7. The number of carbonyl (C=O) groups excluding carboxylic acids is 1. The highest BCUT2D eigenvalue weighted by atomic mass is 35.5. The highest BCUT2D eigenvalue weighted by molar-refractivity contribution is 6.34. The van der Waals surface area contributed by atoms with Crippen LogP contribution in [0.5, 0.6) is 0 Å². The van der Waals surface area contributed by atoms with E-state index in [1.54, 1.807) is 18.9 Å². The van der Waals surface area contributed by atoms with Crippen molar-refractivity contribution in [3.8, 4) is 11.8 Å². The highest BCUT2D eigenvalue weighted by Crippen LogP contribution is 2.40. The molecule has 2 aromatic carbocycles. The lowest BCUT2D eigenvalue weighted by Gasteiger charge is -2.26. The summed E-state index contributed by atoms with van der Waals surface area (Å²) in [6.45, 7) is 2.87. The topological polar surface area (TPSA) is 87.4 Å². The van der Waals surface area contributed by atoms with E-state index in [9.17, 15) is 22.4 Å². The summed E-state index contributed by atoms with van der Waals surface area (Å²) in [5.74, 6) is 3.91. The SMILES string of the molecule is Cc1nc(N)ncc1C#Cc1ccc(F)c(C(=O)Nc2cc(C(F)(F)F)cc(Cl)c2N(C)CCCN(C)C)c1. The lowest BCUT2D eigenvalue weighted by molar-refractivity contribution is -0.137. The molecule has 7 nitrogen and oxygen atoms in total. The van der Waals surface area contributed by atoms with Gasteiger partial charge in [0.15, 0.2) is 0 Å². The number of aryl methyl sites for hydroxylation is 1. The van der Waals surface area contributed by atoms with Gasteiger partial charge in [-0.25, -0.2) is 14.4 Å². The number of rotatable bonds is 7. The van der Waals surface area contributed by atoms with Crippen LogP contribution in [0, 0.1) is 24.6 Å². The molecule has 206 valence electrons. The van der Waals surface area contributed by atoms with E-state index >= 15 is 0 Å². The zero-order chi connectivity index (χ0) is 28.9. The Labute approximate surface area is 229 Å². The van der Waals surface area contributed by atoms with Crippen molar-refractivity contribution < 1.29 is 22.4 Å². The maximum Gasteiger partial charge on any atom is 0.416 e. The van der Waals surface area contributed by atoms with Gasteiger partial charge in [-0.1, -0.05) is 23.4 Å². The number of nitrogens with one attached hydrogen (secondary N) is 1. The van der Waals surface area contributed by atoms with E-state index in [1.165, 1.54) is 18.3 Å². The fraction of sp³-hybridized carbons (Fsp3) is 0.296. The molecule has 0 aliphatic carbocycles. The van der Waals surface area contributed by atoms with Gasteiger partial charge in [0.25, 0.3) is 5.91 Å². The number of nitrogen functional groups attached to an aromatic ring is 1. The van der Waals surface area contributed by atoms with Gasteiger partial charge in [-0.3, -0.25) is 4.79 Å². The molecule has 1 heterocycles. The minimum atomic E-state index is -4.71. The largest absolute Gasteiger partial charge is 0.416 e. The lowest BCUT2D eigenvalue weighted by atomic mass is 10.1. The molecule has 0 saturated heterocycles. The zero-order valence-corrected chi connectivity index (χ0v) is 22.5. The number of benzene rings is 2. The van der Waals surface area contributed by atoms with Crippen molar-refractivity contribution in [2.75, 3.05) is 50.2 Å². The van der Waals surface area contributed by atoms with Crippen molar-refractivity contribution in [1.82, 2.24) is 14.9 Å². The van der Waals surface area contributed by atoms with Gasteiger partial charge in [-0.05, 0) is 64.3 Å². The van der Waals surface area contributed by atoms with Crippen LogP contribution in [-0.4, -0.2) is 55.0 Å². The summed E-state index contributed by atoms with van der Waals surface area (Å²) in [6.07, 6.45) is -2.59. The van der Waals surface area contributed by atoms with Crippen LogP contribution in [0.3, 0.4) is 0 Å². The molecular formula is C27H27ClF4N6O. The van der Waals surface area contributed by atoms with Crippen LogP contribution < -0.4 is 16.0 Å². The van der Waals surface area contributed by atoms with Crippen LogP contribution in [0.4, 0.5) is 34.9 Å². The molecule has 0 bridgehead atoms. The Morgan fingerprint density at radius 2 is 1.85 bits per heavy atom. The number of nitrogens with two attached hydrogens (primary N) is 1. The summed E-state index contributed by atoms with van der Waals surface area (Å²) in [6, 6.07) is 5.22. The molecule has 39 heavy (non-hydrogen) atoms. The summed E-state index contributed by atoms with van der Waals surface area (Å²) in [5, 5.41) is 2.22. The minimum Gasteiger partial charge on any atom is -0.372 e. The lowest BCUT2D eigenvalue weighted by Crippen LogP contribution is -2.25. The number of anilines is 3. The quantitative estimate of drug-likeness (QED) is 0.303. The van der Waals surface area contributed by atoms with Crippen molar-refractivity contribution in [2.24, 2.45) is 0 Å². The number of alkyl halides is 3. The first-order chi connectivity index (χ1) is 18.3. The van der Waals surface area contributed by atoms with E-state index in [-0.39, 0.29) is 22.3 Å². The Balaban J connectivity index is 1.96. The second-order valence-corrected chi connectivity index (χ2v) is 9.46. The van der Waals surface area contributed by atoms with Crippen LogP contribution in [0.25, 0.3) is 0 Å². The summed E-state index contributed by atoms with van der Waals surface area (Å²) in [4.78, 5) is 24.6. The summed E-state index contributed by atoms with van der Waals surface area (Å²) in [5.41, 5.74) is 5.40. The van der Waals surface area contributed by atoms with Crippen molar-refractivity contribution in [1.29, 1.82) is 0 Å². The molecule has 0 spiro atoms. The molecular weight excluding hydrogens is 536 g/mol. The molecule has 0 atom stereocenters. The number of nitrogens with zero attached hydrogens (tertiary/aromatic N) is 4. The van der Waals surface area contributed by atoms with E-state index in [0.29, 0.717) is 29.8 Å². The van der Waals surface area contributed by atoms with Gasteiger partial charge < -0.3 is 20.9 Å². The second-order valence-electron chi connectivity index (χ2n) is 9.06. The average molecular weight is 563 g/mol. The van der Waals surface area contributed by atoms with Gasteiger partial charge in [0.05, 0.1) is 38.8 Å². The van der Waals surface area contributed by atoms with Crippen molar-refractivity contribution >= 4 is 34.8 Å². The first-order valence-electron chi connectivity index (χ1n) is 11.7. The molecule has 12 heteroatoms. The van der Waals surface area contributed by atoms with E-state index in [0.717, 1.165) is 24.7 Å². The summed E-state index contributed by atoms with van der Waals surface area (Å²) >= 11 is 6.27. The number of amides is 1. The van der Waals surface area contributed by atoms with Crippen molar-refractivity contribution in [2.45, 2.75) is 19.5 Å². The Morgan fingerprint density at radius 1 is 1.13 bits per heavy atom. The Bertz CT molecular complexity index is 1430. The van der Waals surface area contributed by atoms with Gasteiger partial charge in [0.2, 0.25) is 5.95 Å². The first-order valence-corrected chi connectivity index (χ1v) is 12.1. The molecule has 1 aromatic heterocycles. The Kier molecular flexibility index (Phi) is 9.37. The molecule has 0 aliphatic rings. The fourth-order valence-electron chi connectivity index (χ4n) is 3.70. The first kappa shape index (κ1) is 29.7. The molecule has 1 amide bonds. The molecule has 0 aliphatic heterocycles. The molecule has 3 aromatic rings. The second kappa shape index (κ2) is 12.3. The minimum absolute atomic E-state index is 0.0937. The monoisotopic (exact) mass is 562 g/mol. The number of hydrogen-bond donors (Lipinski definition) is 2. The molecule has 3 rings (SSSR count). The van der Waals surface area contributed by atoms with Crippen LogP contribution in [0.15, 0.2) is 36.5 Å². The van der Waals surface area contributed by atoms with Crippen LogP contribution in [-0.2, 0) is 6.18 Å². The van der Waals surface area contributed by atoms with E-state index in [1.807, 2.05) is 19.0 Å². The fourth-order valence-corrected chi connectivity index (χ4v) is 4.06. The Morgan fingerprint density at radius 3 is 2.49 bits per heavy atom. The molecule has 3 N–H and O–H groups in total. The smallest absolute Gasteiger partial charge is 0.372 e. The number of hydrogen-bond acceptors (Lipinski definition) is 6. The van der Waals surface area contributed by atoms with Gasteiger partial charge in [-0.15, -0.1) is 0 Å². The van der Waals surface area contributed by atoms with Gasteiger partial charge >= 0.3 is 6.18 Å². The standard InChI is InChI=1S/C27H27ClF4N6O/c1-16-18(15-34-26(33)35-16)8-6-17-7-9-22(29)20(12-17)25(39)36-23-14-19(27(30,31)32)13-21(28)24(23)38(4)11-5-10-37(2)3/h7,9,12-15H,5,10-11H2,1-4H3,(H,36,39)(H2,33,34,35).